The van der Waals surface area contributed by atoms with Crippen molar-refractivity contribution < 1.29 is 0 Å². The summed E-state index contributed by atoms with van der Waals surface area (Å²) in [6.45, 7) is 6.46. The molecule has 0 saturated heterocycles. The lowest BCUT2D eigenvalue weighted by Gasteiger charge is -2.13. The van der Waals surface area contributed by atoms with Gasteiger partial charge in [0.15, 0.2) is 0 Å². The molecule has 0 aromatic carbocycles. The molecule has 3 nitrogen and oxygen atoms in total. The van der Waals surface area contributed by atoms with Crippen LogP contribution in [0.3, 0.4) is 0 Å². The quantitative estimate of drug-likeness (QED) is 0.674. The smallest absolute Gasteiger partial charge is 0.203 e. The fraction of sp³-hybridized carbons (Fsp3) is 0.333. The molecule has 2 rings (SSSR count). The van der Waals surface area contributed by atoms with E-state index in [1.165, 1.54) is 0 Å². The first-order chi connectivity index (χ1) is 8.05. The summed E-state index contributed by atoms with van der Waals surface area (Å²) in [4.78, 5) is 5.63. The van der Waals surface area contributed by atoms with E-state index >= 15 is 0 Å². The van der Waals surface area contributed by atoms with Crippen LogP contribution in [0.4, 0.5) is 5.13 Å². The van der Waals surface area contributed by atoms with Crippen molar-refractivity contribution in [3.8, 4) is 0 Å². The molecule has 17 heavy (non-hydrogen) atoms. The molecule has 0 aliphatic heterocycles. The highest BCUT2D eigenvalue weighted by Gasteiger charge is 2.17. The maximum absolute atomic E-state index is 4.50. The number of nitrogens with one attached hydrogen (secondary N) is 1. The second-order valence-electron chi connectivity index (χ2n) is 4.67. The van der Waals surface area contributed by atoms with Gasteiger partial charge >= 0.3 is 0 Å². The standard InChI is InChI=1S/C12H15N3S2/c1-12(2,3)10-8-17-11(14-10)15-13-7-9-5-4-6-16-9/h4-8H,1-3H3,(H,14,15)/b13-7-. The van der Waals surface area contributed by atoms with Crippen LogP contribution in [0.2, 0.25) is 0 Å². The van der Waals surface area contributed by atoms with Gasteiger partial charge in [0.05, 0.1) is 11.9 Å². The van der Waals surface area contributed by atoms with Crippen molar-refractivity contribution in [1.82, 2.24) is 4.98 Å². The molecule has 1 N–H and O–H groups in total. The molecule has 0 spiro atoms. The lowest BCUT2D eigenvalue weighted by atomic mass is 9.93. The van der Waals surface area contributed by atoms with Crippen LogP contribution in [-0.4, -0.2) is 11.2 Å². The zero-order chi connectivity index (χ0) is 12.3. The van der Waals surface area contributed by atoms with Gasteiger partial charge in [-0.2, -0.15) is 5.10 Å². The summed E-state index contributed by atoms with van der Waals surface area (Å²) < 4.78 is 0. The molecule has 0 bridgehead atoms. The molecule has 0 radical (unpaired) electrons. The van der Waals surface area contributed by atoms with Gasteiger partial charge in [-0.1, -0.05) is 26.8 Å². The van der Waals surface area contributed by atoms with Gasteiger partial charge in [-0.05, 0) is 11.4 Å². The SMILES string of the molecule is CC(C)(C)c1csc(N/N=C\c2cccs2)n1. The van der Waals surface area contributed by atoms with E-state index in [1.807, 2.05) is 23.7 Å². The maximum Gasteiger partial charge on any atom is 0.203 e. The van der Waals surface area contributed by atoms with Gasteiger partial charge in [0.25, 0.3) is 0 Å². The summed E-state index contributed by atoms with van der Waals surface area (Å²) in [5.41, 5.74) is 4.14. The fourth-order valence-electron chi connectivity index (χ4n) is 1.19. The summed E-state index contributed by atoms with van der Waals surface area (Å²) in [6.07, 6.45) is 1.81. The normalized spacial score (nSPS) is 12.2. The number of rotatable bonds is 3. The Hall–Kier alpha value is -1.20. The van der Waals surface area contributed by atoms with Crippen LogP contribution in [-0.2, 0) is 5.41 Å². The van der Waals surface area contributed by atoms with Crippen molar-refractivity contribution in [3.05, 3.63) is 33.5 Å². The summed E-state index contributed by atoms with van der Waals surface area (Å²) in [5.74, 6) is 0. The Balaban J connectivity index is 1.98. The lowest BCUT2D eigenvalue weighted by Crippen LogP contribution is -2.11. The fourth-order valence-corrected chi connectivity index (χ4v) is 2.66. The Morgan fingerprint density at radius 2 is 2.18 bits per heavy atom. The molecule has 2 aromatic rings. The largest absolute Gasteiger partial charge is 0.253 e. The summed E-state index contributed by atoms with van der Waals surface area (Å²) in [6, 6.07) is 4.03. The Morgan fingerprint density at radius 1 is 1.35 bits per heavy atom. The lowest BCUT2D eigenvalue weighted by molar-refractivity contribution is 0.573. The molecule has 90 valence electrons. The molecule has 2 heterocycles. The molecular formula is C12H15N3S2. The van der Waals surface area contributed by atoms with Gasteiger partial charge in [0.2, 0.25) is 5.13 Å². The van der Waals surface area contributed by atoms with Crippen molar-refractivity contribution >= 4 is 34.0 Å². The second kappa shape index (κ2) is 4.98. The Labute approximate surface area is 109 Å². The topological polar surface area (TPSA) is 37.3 Å². The molecule has 2 aromatic heterocycles. The Kier molecular flexibility index (Phi) is 3.59. The molecule has 0 fully saturated rings. The minimum atomic E-state index is 0.0912. The highest BCUT2D eigenvalue weighted by molar-refractivity contribution is 7.13. The predicted molar refractivity (Wildman–Crippen MR) is 76.3 cm³/mol. The highest BCUT2D eigenvalue weighted by Crippen LogP contribution is 2.26. The third-order valence-electron chi connectivity index (χ3n) is 2.17. The van der Waals surface area contributed by atoms with E-state index in [9.17, 15) is 0 Å². The molecule has 0 saturated carbocycles. The van der Waals surface area contributed by atoms with Gasteiger partial charge in [-0.3, -0.25) is 5.43 Å². The molecule has 5 heteroatoms. The van der Waals surface area contributed by atoms with Crippen LogP contribution in [0.1, 0.15) is 31.3 Å². The Bertz CT molecular complexity index is 492. The van der Waals surface area contributed by atoms with Crippen molar-refractivity contribution in [2.24, 2.45) is 5.10 Å². The van der Waals surface area contributed by atoms with E-state index in [4.69, 9.17) is 0 Å². The second-order valence-corrected chi connectivity index (χ2v) is 6.51. The van der Waals surface area contributed by atoms with Crippen molar-refractivity contribution in [3.63, 3.8) is 0 Å². The highest BCUT2D eigenvalue weighted by atomic mass is 32.1. The summed E-state index contributed by atoms with van der Waals surface area (Å²) in [7, 11) is 0. The minimum absolute atomic E-state index is 0.0912. The Morgan fingerprint density at radius 3 is 2.76 bits per heavy atom. The van der Waals surface area contributed by atoms with E-state index in [1.54, 1.807) is 22.7 Å². The van der Waals surface area contributed by atoms with E-state index in [2.05, 4.69) is 41.7 Å². The third-order valence-corrected chi connectivity index (χ3v) is 3.72. The van der Waals surface area contributed by atoms with Crippen LogP contribution in [0.25, 0.3) is 0 Å². The molecular weight excluding hydrogens is 250 g/mol. The van der Waals surface area contributed by atoms with Crippen LogP contribution in [0, 0.1) is 0 Å². The van der Waals surface area contributed by atoms with E-state index < -0.39 is 0 Å². The van der Waals surface area contributed by atoms with Gasteiger partial charge in [0, 0.05) is 15.7 Å². The van der Waals surface area contributed by atoms with Gasteiger partial charge in [-0.25, -0.2) is 4.98 Å². The summed E-state index contributed by atoms with van der Waals surface area (Å²) in [5, 5.41) is 9.10. The van der Waals surface area contributed by atoms with Crippen LogP contribution < -0.4 is 5.43 Å². The van der Waals surface area contributed by atoms with E-state index in [-0.39, 0.29) is 5.41 Å². The van der Waals surface area contributed by atoms with Gasteiger partial charge < -0.3 is 0 Å². The molecule has 0 aliphatic carbocycles. The van der Waals surface area contributed by atoms with Crippen molar-refractivity contribution in [2.45, 2.75) is 26.2 Å². The minimum Gasteiger partial charge on any atom is -0.253 e. The average molecular weight is 265 g/mol. The first kappa shape index (κ1) is 12.3. The maximum atomic E-state index is 4.50. The van der Waals surface area contributed by atoms with Crippen LogP contribution in [0.5, 0.6) is 0 Å². The number of thiophene rings is 1. The zero-order valence-corrected chi connectivity index (χ0v) is 11.7. The van der Waals surface area contributed by atoms with E-state index in [0.29, 0.717) is 0 Å². The number of thiazole rings is 1. The van der Waals surface area contributed by atoms with Crippen LogP contribution in [0.15, 0.2) is 28.0 Å². The van der Waals surface area contributed by atoms with Gasteiger partial charge in [0.1, 0.15) is 0 Å². The number of hydrogen-bond donors (Lipinski definition) is 1. The predicted octanol–water partition coefficient (Wildman–Crippen LogP) is 3.95. The third kappa shape index (κ3) is 3.38. The number of anilines is 1. The van der Waals surface area contributed by atoms with Crippen molar-refractivity contribution in [2.75, 3.05) is 5.43 Å². The van der Waals surface area contributed by atoms with Gasteiger partial charge in [-0.15, -0.1) is 22.7 Å². The van der Waals surface area contributed by atoms with E-state index in [0.717, 1.165) is 15.7 Å². The first-order valence-corrected chi connectivity index (χ1v) is 7.10. The molecule has 0 aliphatic rings. The monoisotopic (exact) mass is 265 g/mol. The number of hydrazone groups is 1. The number of hydrogen-bond acceptors (Lipinski definition) is 5. The van der Waals surface area contributed by atoms with Crippen molar-refractivity contribution in [1.29, 1.82) is 0 Å². The van der Waals surface area contributed by atoms with Crippen LogP contribution >= 0.6 is 22.7 Å². The average Bonchev–Trinajstić information content (AvgIpc) is 2.86. The molecule has 0 amide bonds. The first-order valence-electron chi connectivity index (χ1n) is 5.34. The number of nitrogens with zero attached hydrogens (tertiary/aromatic N) is 2. The molecule has 0 atom stereocenters. The zero-order valence-electron chi connectivity index (χ0n) is 10.1. The number of aromatic nitrogens is 1. The summed E-state index contributed by atoms with van der Waals surface area (Å²) >= 11 is 3.24. The molecule has 0 unspecified atom stereocenters.